The second-order valence-electron chi connectivity index (χ2n) is 5.65. The van der Waals surface area contributed by atoms with Gasteiger partial charge in [-0.1, -0.05) is 19.1 Å². The quantitative estimate of drug-likeness (QED) is 0.891. The summed E-state index contributed by atoms with van der Waals surface area (Å²) in [6.45, 7) is 8.35. The maximum absolute atomic E-state index is 13.7. The van der Waals surface area contributed by atoms with Gasteiger partial charge in [0, 0.05) is 11.6 Å². The smallest absolute Gasteiger partial charge is 0.163 e. The van der Waals surface area contributed by atoms with Crippen LogP contribution in [0, 0.1) is 17.6 Å². The van der Waals surface area contributed by atoms with E-state index in [2.05, 4.69) is 17.1 Å². The average molecular weight is 282 g/mol. The Labute approximate surface area is 120 Å². The molecule has 1 saturated heterocycles. The van der Waals surface area contributed by atoms with Crippen LogP contribution in [0.25, 0.3) is 0 Å². The molecule has 0 aliphatic carbocycles. The molecule has 0 bridgehead atoms. The van der Waals surface area contributed by atoms with Crippen molar-refractivity contribution < 1.29 is 8.78 Å². The van der Waals surface area contributed by atoms with Crippen molar-refractivity contribution >= 4 is 0 Å². The number of nitrogens with one attached hydrogen (secondary N) is 1. The second kappa shape index (κ2) is 7.14. The first-order valence-corrected chi connectivity index (χ1v) is 7.51. The molecular weight excluding hydrogens is 258 g/mol. The van der Waals surface area contributed by atoms with Crippen LogP contribution in [0.1, 0.15) is 38.3 Å². The third kappa shape index (κ3) is 3.76. The summed E-state index contributed by atoms with van der Waals surface area (Å²) >= 11 is 0. The minimum Gasteiger partial charge on any atom is -0.310 e. The predicted molar refractivity (Wildman–Crippen MR) is 77.6 cm³/mol. The third-order valence-electron chi connectivity index (χ3n) is 4.32. The summed E-state index contributed by atoms with van der Waals surface area (Å²) in [6, 6.07) is 4.21. The lowest BCUT2D eigenvalue weighted by molar-refractivity contribution is 0.188. The molecule has 1 atom stereocenters. The summed E-state index contributed by atoms with van der Waals surface area (Å²) in [4.78, 5) is 2.45. The summed E-state index contributed by atoms with van der Waals surface area (Å²) < 4.78 is 26.9. The van der Waals surface area contributed by atoms with E-state index in [4.69, 9.17) is 0 Å². The highest BCUT2D eigenvalue weighted by Crippen LogP contribution is 2.21. The number of piperidine rings is 1. The molecule has 1 aromatic carbocycles. The van der Waals surface area contributed by atoms with Gasteiger partial charge in [0.05, 0.1) is 0 Å². The number of halogens is 2. The molecule has 0 aromatic heterocycles. The zero-order valence-corrected chi connectivity index (χ0v) is 12.3. The number of benzene rings is 1. The Bertz CT molecular complexity index is 428. The summed E-state index contributed by atoms with van der Waals surface area (Å²) in [5.74, 6) is -0.863. The fourth-order valence-electron chi connectivity index (χ4n) is 2.82. The lowest BCUT2D eigenvalue weighted by Gasteiger charge is -2.31. The molecule has 2 nitrogen and oxygen atoms in total. The van der Waals surface area contributed by atoms with Gasteiger partial charge >= 0.3 is 0 Å². The van der Waals surface area contributed by atoms with Crippen molar-refractivity contribution in [3.05, 3.63) is 35.4 Å². The Hall–Kier alpha value is -1.00. The lowest BCUT2D eigenvalue weighted by atomic mass is 9.96. The SMILES string of the molecule is CCN1CCC(CNC(C)c2cccc(F)c2F)CC1. The van der Waals surface area contributed by atoms with Crippen molar-refractivity contribution in [2.75, 3.05) is 26.2 Å². The maximum atomic E-state index is 13.7. The zero-order valence-electron chi connectivity index (χ0n) is 12.3. The molecule has 1 aromatic rings. The number of likely N-dealkylation sites (tertiary alicyclic amines) is 1. The molecule has 1 aliphatic heterocycles. The van der Waals surface area contributed by atoms with E-state index >= 15 is 0 Å². The highest BCUT2D eigenvalue weighted by molar-refractivity contribution is 5.21. The van der Waals surface area contributed by atoms with E-state index in [1.807, 2.05) is 6.92 Å². The van der Waals surface area contributed by atoms with Crippen molar-refractivity contribution in [3.63, 3.8) is 0 Å². The summed E-state index contributed by atoms with van der Waals surface area (Å²) in [5.41, 5.74) is 0.413. The number of rotatable bonds is 5. The molecule has 4 heteroatoms. The van der Waals surface area contributed by atoms with E-state index < -0.39 is 11.6 Å². The first-order chi connectivity index (χ1) is 9.61. The van der Waals surface area contributed by atoms with E-state index in [1.54, 1.807) is 12.1 Å². The molecule has 0 saturated carbocycles. The standard InChI is InChI=1S/C16H24F2N2/c1-3-20-9-7-13(8-10-20)11-19-12(2)14-5-4-6-15(17)16(14)18/h4-6,12-13,19H,3,7-11H2,1-2H3. The fraction of sp³-hybridized carbons (Fsp3) is 0.625. The number of hydrogen-bond donors (Lipinski definition) is 1. The highest BCUT2D eigenvalue weighted by Gasteiger charge is 2.19. The van der Waals surface area contributed by atoms with Crippen LogP contribution in [0.4, 0.5) is 8.78 Å². The van der Waals surface area contributed by atoms with E-state index in [9.17, 15) is 8.78 Å². The largest absolute Gasteiger partial charge is 0.310 e. The molecule has 112 valence electrons. The molecular formula is C16H24F2N2. The maximum Gasteiger partial charge on any atom is 0.163 e. The predicted octanol–water partition coefficient (Wildman–Crippen LogP) is 3.35. The lowest BCUT2D eigenvalue weighted by Crippen LogP contribution is -2.37. The van der Waals surface area contributed by atoms with Crippen LogP contribution in [0.5, 0.6) is 0 Å². The third-order valence-corrected chi connectivity index (χ3v) is 4.32. The van der Waals surface area contributed by atoms with E-state index in [1.165, 1.54) is 12.8 Å². The molecule has 2 rings (SSSR count). The summed E-state index contributed by atoms with van der Waals surface area (Å²) in [6.07, 6.45) is 2.36. The van der Waals surface area contributed by atoms with Gasteiger partial charge in [-0.05, 0) is 57.9 Å². The minimum atomic E-state index is -0.771. The Morgan fingerprint density at radius 1 is 1.30 bits per heavy atom. The Morgan fingerprint density at radius 2 is 2.00 bits per heavy atom. The van der Waals surface area contributed by atoms with Gasteiger partial charge in [0.1, 0.15) is 0 Å². The van der Waals surface area contributed by atoms with E-state index in [0.717, 1.165) is 32.2 Å². The van der Waals surface area contributed by atoms with Crippen LogP contribution >= 0.6 is 0 Å². The van der Waals surface area contributed by atoms with Gasteiger partial charge in [0.15, 0.2) is 11.6 Å². The molecule has 0 amide bonds. The van der Waals surface area contributed by atoms with Crippen molar-refractivity contribution in [2.24, 2.45) is 5.92 Å². The molecule has 1 aliphatic rings. The molecule has 20 heavy (non-hydrogen) atoms. The molecule has 1 N–H and O–H groups in total. The van der Waals surface area contributed by atoms with Crippen LogP contribution in [0.2, 0.25) is 0 Å². The van der Waals surface area contributed by atoms with Gasteiger partial charge in [-0.25, -0.2) is 8.78 Å². The molecule has 1 fully saturated rings. The van der Waals surface area contributed by atoms with Gasteiger partial charge in [-0.2, -0.15) is 0 Å². The van der Waals surface area contributed by atoms with E-state index in [-0.39, 0.29) is 6.04 Å². The van der Waals surface area contributed by atoms with Crippen LogP contribution in [0.3, 0.4) is 0 Å². The Kier molecular flexibility index (Phi) is 5.49. The van der Waals surface area contributed by atoms with Gasteiger partial charge in [0.25, 0.3) is 0 Å². The zero-order chi connectivity index (χ0) is 14.5. The van der Waals surface area contributed by atoms with Gasteiger partial charge in [0.2, 0.25) is 0 Å². The van der Waals surface area contributed by atoms with Crippen LogP contribution in [0.15, 0.2) is 18.2 Å². The highest BCUT2D eigenvalue weighted by atomic mass is 19.2. The van der Waals surface area contributed by atoms with E-state index in [0.29, 0.717) is 11.5 Å². The summed E-state index contributed by atoms with van der Waals surface area (Å²) in [7, 11) is 0. The van der Waals surface area contributed by atoms with Gasteiger partial charge < -0.3 is 10.2 Å². The van der Waals surface area contributed by atoms with Crippen molar-refractivity contribution in [1.82, 2.24) is 10.2 Å². The summed E-state index contributed by atoms with van der Waals surface area (Å²) in [5, 5.41) is 3.34. The van der Waals surface area contributed by atoms with Crippen LogP contribution in [-0.2, 0) is 0 Å². The monoisotopic (exact) mass is 282 g/mol. The van der Waals surface area contributed by atoms with Gasteiger partial charge in [-0.3, -0.25) is 0 Å². The molecule has 1 unspecified atom stereocenters. The van der Waals surface area contributed by atoms with Crippen molar-refractivity contribution in [3.8, 4) is 0 Å². The Morgan fingerprint density at radius 3 is 2.65 bits per heavy atom. The average Bonchev–Trinajstić information content (AvgIpc) is 2.48. The normalized spacial score (nSPS) is 19.2. The number of nitrogens with zero attached hydrogens (tertiary/aromatic N) is 1. The van der Waals surface area contributed by atoms with Gasteiger partial charge in [-0.15, -0.1) is 0 Å². The van der Waals surface area contributed by atoms with Crippen LogP contribution < -0.4 is 5.32 Å². The first-order valence-electron chi connectivity index (χ1n) is 7.51. The molecule has 0 radical (unpaired) electrons. The fourth-order valence-corrected chi connectivity index (χ4v) is 2.82. The van der Waals surface area contributed by atoms with Crippen molar-refractivity contribution in [2.45, 2.75) is 32.7 Å². The second-order valence-corrected chi connectivity index (χ2v) is 5.65. The minimum absolute atomic E-state index is 0.157. The molecule has 0 spiro atoms. The topological polar surface area (TPSA) is 15.3 Å². The molecule has 1 heterocycles. The number of hydrogen-bond acceptors (Lipinski definition) is 2. The van der Waals surface area contributed by atoms with Crippen molar-refractivity contribution in [1.29, 1.82) is 0 Å². The Balaban J connectivity index is 1.83. The first kappa shape index (κ1) is 15.4. The van der Waals surface area contributed by atoms with Crippen LogP contribution in [-0.4, -0.2) is 31.1 Å².